The molecule has 6 nitrogen and oxygen atoms in total. The number of rotatable bonds is 5. The maximum Gasteiger partial charge on any atom is 0.317 e. The van der Waals surface area contributed by atoms with Gasteiger partial charge < -0.3 is 15.5 Å². The van der Waals surface area contributed by atoms with Crippen LogP contribution in [0.4, 0.5) is 4.79 Å². The molecule has 0 bridgehead atoms. The number of urea groups is 1. The van der Waals surface area contributed by atoms with Crippen molar-refractivity contribution in [2.75, 3.05) is 26.2 Å². The minimum absolute atomic E-state index is 0.0321. The topological polar surface area (TPSA) is 70.2 Å². The Morgan fingerprint density at radius 1 is 1.59 bits per heavy atom. The Balaban J connectivity index is 1.68. The SMILES string of the molecule is Cc1nccc(CNCCN2CCNC2=O)n1. The summed E-state index contributed by atoms with van der Waals surface area (Å²) < 4.78 is 0. The number of hydrogen-bond acceptors (Lipinski definition) is 4. The third-order valence-corrected chi connectivity index (χ3v) is 2.64. The largest absolute Gasteiger partial charge is 0.336 e. The molecule has 1 saturated heterocycles. The zero-order valence-electron chi connectivity index (χ0n) is 9.94. The smallest absolute Gasteiger partial charge is 0.317 e. The Hall–Kier alpha value is -1.69. The molecule has 1 fully saturated rings. The molecule has 0 aromatic carbocycles. The van der Waals surface area contributed by atoms with E-state index in [1.807, 2.05) is 13.0 Å². The molecule has 0 spiro atoms. The molecule has 2 heterocycles. The third kappa shape index (κ3) is 3.39. The first-order chi connectivity index (χ1) is 8.25. The normalized spacial score (nSPS) is 15.1. The van der Waals surface area contributed by atoms with Gasteiger partial charge in [-0.1, -0.05) is 0 Å². The van der Waals surface area contributed by atoms with Gasteiger partial charge >= 0.3 is 6.03 Å². The van der Waals surface area contributed by atoms with E-state index in [2.05, 4.69) is 20.6 Å². The lowest BCUT2D eigenvalue weighted by molar-refractivity contribution is 0.217. The molecular formula is C11H17N5O. The van der Waals surface area contributed by atoms with Gasteiger partial charge in [0.1, 0.15) is 5.82 Å². The summed E-state index contributed by atoms with van der Waals surface area (Å²) in [4.78, 5) is 21.4. The highest BCUT2D eigenvalue weighted by molar-refractivity contribution is 5.76. The van der Waals surface area contributed by atoms with E-state index in [-0.39, 0.29) is 6.03 Å². The van der Waals surface area contributed by atoms with Crippen molar-refractivity contribution in [3.8, 4) is 0 Å². The summed E-state index contributed by atoms with van der Waals surface area (Å²) in [5.74, 6) is 0.781. The first-order valence-electron chi connectivity index (χ1n) is 5.78. The lowest BCUT2D eigenvalue weighted by Crippen LogP contribution is -2.34. The second kappa shape index (κ2) is 5.58. The Labute approximate surface area is 100 Å². The van der Waals surface area contributed by atoms with Gasteiger partial charge in [0, 0.05) is 38.9 Å². The van der Waals surface area contributed by atoms with E-state index in [0.717, 1.165) is 37.7 Å². The van der Waals surface area contributed by atoms with Gasteiger partial charge in [-0.25, -0.2) is 14.8 Å². The fraction of sp³-hybridized carbons (Fsp3) is 0.545. The lowest BCUT2D eigenvalue weighted by Gasteiger charge is -2.14. The molecule has 6 heteroatoms. The van der Waals surface area contributed by atoms with Crippen LogP contribution in [0, 0.1) is 6.92 Å². The van der Waals surface area contributed by atoms with Crippen LogP contribution in [0.25, 0.3) is 0 Å². The molecule has 1 aliphatic heterocycles. The summed E-state index contributed by atoms with van der Waals surface area (Å²) in [7, 11) is 0. The molecule has 1 aromatic heterocycles. The number of nitrogens with one attached hydrogen (secondary N) is 2. The van der Waals surface area contributed by atoms with E-state index < -0.39 is 0 Å². The molecule has 2 amide bonds. The average molecular weight is 235 g/mol. The lowest BCUT2D eigenvalue weighted by atomic mass is 10.4. The van der Waals surface area contributed by atoms with E-state index in [1.54, 1.807) is 11.1 Å². The highest BCUT2D eigenvalue weighted by atomic mass is 16.2. The average Bonchev–Trinajstić information content (AvgIpc) is 2.71. The first kappa shape index (κ1) is 11.8. The first-order valence-corrected chi connectivity index (χ1v) is 5.78. The Morgan fingerprint density at radius 2 is 2.47 bits per heavy atom. The van der Waals surface area contributed by atoms with Gasteiger partial charge in [-0.15, -0.1) is 0 Å². The molecule has 0 atom stereocenters. The molecule has 17 heavy (non-hydrogen) atoms. The number of hydrogen-bond donors (Lipinski definition) is 2. The van der Waals surface area contributed by atoms with Gasteiger partial charge in [-0.2, -0.15) is 0 Å². The molecule has 0 unspecified atom stereocenters. The number of carbonyl (C=O) groups excluding carboxylic acids is 1. The van der Waals surface area contributed by atoms with E-state index in [1.165, 1.54) is 0 Å². The van der Waals surface area contributed by atoms with Crippen LogP contribution < -0.4 is 10.6 Å². The van der Waals surface area contributed by atoms with Crippen LogP contribution in [-0.4, -0.2) is 47.1 Å². The number of aryl methyl sites for hydroxylation is 1. The molecule has 2 N–H and O–H groups in total. The molecule has 1 aromatic rings. The molecule has 0 saturated carbocycles. The van der Waals surface area contributed by atoms with E-state index >= 15 is 0 Å². The highest BCUT2D eigenvalue weighted by Gasteiger charge is 2.17. The number of carbonyl (C=O) groups is 1. The summed E-state index contributed by atoms with van der Waals surface area (Å²) in [6.07, 6.45) is 1.76. The van der Waals surface area contributed by atoms with E-state index in [0.29, 0.717) is 6.54 Å². The van der Waals surface area contributed by atoms with Crippen LogP contribution >= 0.6 is 0 Å². The minimum Gasteiger partial charge on any atom is -0.336 e. The van der Waals surface area contributed by atoms with Crippen LogP contribution in [-0.2, 0) is 6.54 Å². The predicted molar refractivity (Wildman–Crippen MR) is 63.4 cm³/mol. The zero-order valence-corrected chi connectivity index (χ0v) is 9.94. The number of aromatic nitrogens is 2. The van der Waals surface area contributed by atoms with Crippen molar-refractivity contribution < 1.29 is 4.79 Å². The van der Waals surface area contributed by atoms with E-state index in [4.69, 9.17) is 0 Å². The van der Waals surface area contributed by atoms with Gasteiger partial charge in [0.2, 0.25) is 0 Å². The van der Waals surface area contributed by atoms with Crippen LogP contribution in [0.5, 0.6) is 0 Å². The summed E-state index contributed by atoms with van der Waals surface area (Å²) in [6.45, 7) is 5.64. The van der Waals surface area contributed by atoms with Gasteiger partial charge in [0.05, 0.1) is 5.69 Å². The summed E-state index contributed by atoms with van der Waals surface area (Å²) in [5, 5.41) is 6.04. The van der Waals surface area contributed by atoms with Crippen LogP contribution in [0.2, 0.25) is 0 Å². The quantitative estimate of drug-likeness (QED) is 0.699. The minimum atomic E-state index is 0.0321. The molecule has 1 aliphatic rings. The zero-order chi connectivity index (χ0) is 12.1. The standard InChI is InChI=1S/C11H17N5O/c1-9-13-3-2-10(15-9)8-12-4-6-16-7-5-14-11(16)17/h2-3,12H,4-8H2,1H3,(H,14,17). The van der Waals surface area contributed by atoms with Gasteiger partial charge in [-0.05, 0) is 13.0 Å². The van der Waals surface area contributed by atoms with Crippen LogP contribution in [0.3, 0.4) is 0 Å². The van der Waals surface area contributed by atoms with Gasteiger partial charge in [-0.3, -0.25) is 0 Å². The summed E-state index contributed by atoms with van der Waals surface area (Å²) in [6, 6.07) is 1.92. The van der Waals surface area contributed by atoms with Gasteiger partial charge in [0.15, 0.2) is 0 Å². The number of amides is 2. The third-order valence-electron chi connectivity index (χ3n) is 2.64. The van der Waals surface area contributed by atoms with Crippen molar-refractivity contribution in [1.82, 2.24) is 25.5 Å². The fourth-order valence-electron chi connectivity index (χ4n) is 1.76. The van der Waals surface area contributed by atoms with Crippen LogP contribution in [0.1, 0.15) is 11.5 Å². The van der Waals surface area contributed by atoms with Crippen LogP contribution in [0.15, 0.2) is 12.3 Å². The van der Waals surface area contributed by atoms with Crippen molar-refractivity contribution in [3.63, 3.8) is 0 Å². The van der Waals surface area contributed by atoms with Crippen molar-refractivity contribution in [3.05, 3.63) is 23.8 Å². The Kier molecular flexibility index (Phi) is 3.87. The maximum absolute atomic E-state index is 11.2. The predicted octanol–water partition coefficient (Wildman–Crippen LogP) is -0.100. The van der Waals surface area contributed by atoms with E-state index in [9.17, 15) is 4.79 Å². The fourth-order valence-corrected chi connectivity index (χ4v) is 1.76. The number of nitrogens with zero attached hydrogens (tertiary/aromatic N) is 3. The highest BCUT2D eigenvalue weighted by Crippen LogP contribution is 1.96. The molecule has 2 rings (SSSR count). The summed E-state index contributed by atoms with van der Waals surface area (Å²) in [5.41, 5.74) is 0.975. The second-order valence-electron chi connectivity index (χ2n) is 3.99. The Morgan fingerprint density at radius 3 is 3.18 bits per heavy atom. The van der Waals surface area contributed by atoms with Crippen molar-refractivity contribution in [1.29, 1.82) is 0 Å². The Bertz CT molecular complexity index is 395. The summed E-state index contributed by atoms with van der Waals surface area (Å²) >= 11 is 0. The molecular weight excluding hydrogens is 218 g/mol. The monoisotopic (exact) mass is 235 g/mol. The molecule has 92 valence electrons. The second-order valence-corrected chi connectivity index (χ2v) is 3.99. The molecule has 0 radical (unpaired) electrons. The van der Waals surface area contributed by atoms with Crippen molar-refractivity contribution >= 4 is 6.03 Å². The maximum atomic E-state index is 11.2. The van der Waals surface area contributed by atoms with Gasteiger partial charge in [0.25, 0.3) is 0 Å². The van der Waals surface area contributed by atoms with Crippen molar-refractivity contribution in [2.45, 2.75) is 13.5 Å². The molecule has 0 aliphatic carbocycles. The van der Waals surface area contributed by atoms with Crippen molar-refractivity contribution in [2.24, 2.45) is 0 Å².